The van der Waals surface area contributed by atoms with Crippen molar-refractivity contribution in [3.63, 3.8) is 0 Å². The summed E-state index contributed by atoms with van der Waals surface area (Å²) in [6, 6.07) is 17.9. The number of aromatic nitrogens is 1. The Balaban J connectivity index is 0.000000173. The molecule has 0 atom stereocenters. The molecule has 2 aromatic carbocycles. The Morgan fingerprint density at radius 2 is 1.43 bits per heavy atom. The van der Waals surface area contributed by atoms with E-state index in [1.165, 1.54) is 0 Å². The summed E-state index contributed by atoms with van der Waals surface area (Å²) in [7, 11) is 0. The smallest absolute Gasteiger partial charge is 0.116 e. The molecule has 0 unspecified atom stereocenters. The molecule has 0 aliphatic rings. The van der Waals surface area contributed by atoms with Crippen molar-refractivity contribution in [1.29, 1.82) is 0 Å². The van der Waals surface area contributed by atoms with Crippen molar-refractivity contribution in [3.05, 3.63) is 77.5 Å². The Hall–Kier alpha value is -2.33. The van der Waals surface area contributed by atoms with Crippen LogP contribution in [0.4, 0.5) is 0 Å². The van der Waals surface area contributed by atoms with E-state index in [2.05, 4.69) is 20.9 Å². The van der Waals surface area contributed by atoms with E-state index in [9.17, 15) is 5.11 Å². The Morgan fingerprint density at radius 1 is 0.762 bits per heavy atom. The van der Waals surface area contributed by atoms with Gasteiger partial charge in [-0.3, -0.25) is 4.98 Å². The van der Waals surface area contributed by atoms with Crippen LogP contribution in [0.2, 0.25) is 0 Å². The third-order valence-corrected chi connectivity index (χ3v) is 3.14. The number of phenols is 2. The number of pyridine rings is 1. The lowest BCUT2D eigenvalue weighted by atomic mass is 10.1. The summed E-state index contributed by atoms with van der Waals surface area (Å²) in [5.74, 6) is 0.570. The number of nitrogens with zero attached hydrogens (tertiary/aromatic N) is 1. The first-order valence-corrected chi connectivity index (χ1v) is 7.08. The Bertz CT molecular complexity index is 685. The van der Waals surface area contributed by atoms with Gasteiger partial charge in [0.15, 0.2) is 0 Å². The monoisotopic (exact) mass is 343 g/mol. The zero-order chi connectivity index (χ0) is 15.1. The van der Waals surface area contributed by atoms with Crippen molar-refractivity contribution >= 4 is 15.9 Å². The summed E-state index contributed by atoms with van der Waals surface area (Å²) in [6.45, 7) is 0. The maximum Gasteiger partial charge on any atom is 0.116 e. The first-order valence-electron chi connectivity index (χ1n) is 6.29. The molecule has 106 valence electrons. The topological polar surface area (TPSA) is 53.4 Å². The van der Waals surface area contributed by atoms with Gasteiger partial charge in [-0.25, -0.2) is 0 Å². The van der Waals surface area contributed by atoms with Crippen LogP contribution in [0.5, 0.6) is 11.5 Å². The lowest BCUT2D eigenvalue weighted by molar-refractivity contribution is 0.474. The van der Waals surface area contributed by atoms with Crippen LogP contribution in [0.25, 0.3) is 11.1 Å². The van der Waals surface area contributed by atoms with E-state index < -0.39 is 0 Å². The van der Waals surface area contributed by atoms with Gasteiger partial charge in [-0.15, -0.1) is 0 Å². The van der Waals surface area contributed by atoms with Gasteiger partial charge in [0, 0.05) is 22.4 Å². The molecular weight excluding hydrogens is 330 g/mol. The minimum Gasteiger partial charge on any atom is -0.508 e. The minimum atomic E-state index is 0.279. The van der Waals surface area contributed by atoms with E-state index >= 15 is 0 Å². The third-order valence-electron chi connectivity index (χ3n) is 2.65. The standard InChI is InChI=1S/C11H9NO.C6H5BrO/c13-11-5-1-3-9(7-11)10-4-2-6-12-8-10;7-5-2-1-3-6(8)4-5/h1-8,13H;1-4,8H. The molecule has 3 rings (SSSR count). The Kier molecular flexibility index (Phi) is 5.35. The van der Waals surface area contributed by atoms with E-state index in [-0.39, 0.29) is 5.75 Å². The van der Waals surface area contributed by atoms with Gasteiger partial charge in [0.25, 0.3) is 0 Å². The van der Waals surface area contributed by atoms with Crippen LogP contribution in [0, 0.1) is 0 Å². The van der Waals surface area contributed by atoms with E-state index in [0.29, 0.717) is 5.75 Å². The fourth-order valence-electron chi connectivity index (χ4n) is 1.70. The molecule has 1 heterocycles. The molecule has 3 aromatic rings. The van der Waals surface area contributed by atoms with Crippen molar-refractivity contribution in [2.75, 3.05) is 0 Å². The second kappa shape index (κ2) is 7.45. The number of rotatable bonds is 1. The molecule has 4 heteroatoms. The van der Waals surface area contributed by atoms with Gasteiger partial charge in [-0.2, -0.15) is 0 Å². The molecule has 0 saturated carbocycles. The Morgan fingerprint density at radius 3 is 1.95 bits per heavy atom. The summed E-state index contributed by atoms with van der Waals surface area (Å²) < 4.78 is 0.900. The van der Waals surface area contributed by atoms with Crippen molar-refractivity contribution in [2.45, 2.75) is 0 Å². The van der Waals surface area contributed by atoms with Crippen molar-refractivity contribution < 1.29 is 10.2 Å². The molecule has 3 nitrogen and oxygen atoms in total. The maximum absolute atomic E-state index is 9.25. The molecule has 21 heavy (non-hydrogen) atoms. The van der Waals surface area contributed by atoms with Crippen LogP contribution in [-0.4, -0.2) is 15.2 Å². The molecule has 1 aromatic heterocycles. The second-order valence-electron chi connectivity index (χ2n) is 4.27. The highest BCUT2D eigenvalue weighted by Crippen LogP contribution is 2.21. The SMILES string of the molecule is Oc1cccc(-c2cccnc2)c1.Oc1cccc(Br)c1. The predicted molar refractivity (Wildman–Crippen MR) is 87.1 cm³/mol. The zero-order valence-electron chi connectivity index (χ0n) is 11.1. The van der Waals surface area contributed by atoms with Crippen molar-refractivity contribution in [1.82, 2.24) is 4.98 Å². The van der Waals surface area contributed by atoms with Crippen LogP contribution in [0.15, 0.2) is 77.5 Å². The lowest BCUT2D eigenvalue weighted by Crippen LogP contribution is -1.77. The lowest BCUT2D eigenvalue weighted by Gasteiger charge is -2.00. The van der Waals surface area contributed by atoms with Crippen LogP contribution in [0.3, 0.4) is 0 Å². The quantitative estimate of drug-likeness (QED) is 0.678. The van der Waals surface area contributed by atoms with Crippen LogP contribution < -0.4 is 0 Å². The first kappa shape index (κ1) is 15.1. The number of hydrogen-bond donors (Lipinski definition) is 2. The second-order valence-corrected chi connectivity index (χ2v) is 5.19. The zero-order valence-corrected chi connectivity index (χ0v) is 12.7. The predicted octanol–water partition coefficient (Wildman–Crippen LogP) is 4.61. The number of aromatic hydroxyl groups is 2. The van der Waals surface area contributed by atoms with Crippen LogP contribution in [-0.2, 0) is 0 Å². The highest BCUT2D eigenvalue weighted by Gasteiger charge is 1.96. The van der Waals surface area contributed by atoms with E-state index in [1.54, 1.807) is 42.7 Å². The van der Waals surface area contributed by atoms with Gasteiger partial charge in [0.2, 0.25) is 0 Å². The average molecular weight is 344 g/mol. The highest BCUT2D eigenvalue weighted by atomic mass is 79.9. The molecule has 0 spiro atoms. The highest BCUT2D eigenvalue weighted by molar-refractivity contribution is 9.10. The first-order chi connectivity index (χ1) is 10.1. The number of benzene rings is 2. The van der Waals surface area contributed by atoms with E-state index in [4.69, 9.17) is 5.11 Å². The minimum absolute atomic E-state index is 0.279. The fraction of sp³-hybridized carbons (Fsp3) is 0. The molecule has 0 amide bonds. The van der Waals surface area contributed by atoms with Gasteiger partial charge in [0.05, 0.1) is 0 Å². The average Bonchev–Trinajstić information content (AvgIpc) is 2.49. The molecular formula is C17H14BrNO2. The van der Waals surface area contributed by atoms with Gasteiger partial charge < -0.3 is 10.2 Å². The largest absolute Gasteiger partial charge is 0.508 e. The summed E-state index contributed by atoms with van der Waals surface area (Å²) in [4.78, 5) is 4.01. The molecule has 0 fully saturated rings. The number of phenolic OH excluding ortho intramolecular Hbond substituents is 2. The molecule has 0 bridgehead atoms. The van der Waals surface area contributed by atoms with E-state index in [0.717, 1.165) is 15.6 Å². The normalized spacial score (nSPS) is 9.57. The maximum atomic E-state index is 9.25. The molecule has 2 N–H and O–H groups in total. The number of halogens is 1. The van der Waals surface area contributed by atoms with Crippen LogP contribution in [0.1, 0.15) is 0 Å². The molecule has 0 radical (unpaired) electrons. The van der Waals surface area contributed by atoms with Gasteiger partial charge in [-0.1, -0.05) is 40.2 Å². The summed E-state index contributed by atoms with van der Waals surface area (Å²) in [5, 5.41) is 18.0. The fourth-order valence-corrected chi connectivity index (χ4v) is 2.08. The van der Waals surface area contributed by atoms with Gasteiger partial charge in [-0.05, 0) is 42.0 Å². The molecule has 0 aliphatic carbocycles. The van der Waals surface area contributed by atoms with Crippen molar-refractivity contribution in [2.24, 2.45) is 0 Å². The molecule has 0 saturated heterocycles. The Labute approximate surface area is 131 Å². The van der Waals surface area contributed by atoms with Crippen LogP contribution >= 0.6 is 15.9 Å². The van der Waals surface area contributed by atoms with Gasteiger partial charge in [0.1, 0.15) is 11.5 Å². The van der Waals surface area contributed by atoms with Gasteiger partial charge >= 0.3 is 0 Å². The summed E-state index contributed by atoms with van der Waals surface area (Å²) >= 11 is 3.20. The summed E-state index contributed by atoms with van der Waals surface area (Å²) in [6.07, 6.45) is 3.50. The third kappa shape index (κ3) is 4.93. The summed E-state index contributed by atoms with van der Waals surface area (Å²) in [5.41, 5.74) is 1.99. The van der Waals surface area contributed by atoms with Crippen molar-refractivity contribution in [3.8, 4) is 22.6 Å². The van der Waals surface area contributed by atoms with E-state index in [1.807, 2.05) is 30.3 Å². The number of hydrogen-bond acceptors (Lipinski definition) is 3. The molecule has 0 aliphatic heterocycles.